The van der Waals surface area contributed by atoms with Gasteiger partial charge in [0.1, 0.15) is 10.4 Å². The number of amides is 2. The van der Waals surface area contributed by atoms with E-state index < -0.39 is 6.04 Å². The van der Waals surface area contributed by atoms with Crippen LogP contribution in [0.2, 0.25) is 0 Å². The topological polar surface area (TPSA) is 49.4 Å². The number of rotatable bonds is 5. The fraction of sp³-hybridized carbons (Fsp3) is 0.292. The Morgan fingerprint density at radius 1 is 1.13 bits per heavy atom. The lowest BCUT2D eigenvalue weighted by molar-refractivity contribution is -0.132. The van der Waals surface area contributed by atoms with Crippen LogP contribution >= 0.6 is 24.0 Å². The predicted molar refractivity (Wildman–Crippen MR) is 128 cm³/mol. The predicted octanol–water partition coefficient (Wildman–Crippen LogP) is 4.89. The molecular formula is C24H26N2O2S2. The summed E-state index contributed by atoms with van der Waals surface area (Å²) in [5.41, 5.74) is 3.24. The molecule has 1 unspecified atom stereocenters. The minimum Gasteiger partial charge on any atom is -0.350 e. The van der Waals surface area contributed by atoms with Crippen molar-refractivity contribution >= 4 is 46.2 Å². The van der Waals surface area contributed by atoms with Gasteiger partial charge in [-0.3, -0.25) is 14.5 Å². The Morgan fingerprint density at radius 2 is 1.77 bits per heavy atom. The van der Waals surface area contributed by atoms with Crippen LogP contribution in [0.3, 0.4) is 0 Å². The zero-order chi connectivity index (χ0) is 21.9. The molecule has 1 aliphatic rings. The molecule has 1 heterocycles. The first-order chi connectivity index (χ1) is 14.2. The quantitative estimate of drug-likeness (QED) is 0.533. The van der Waals surface area contributed by atoms with Crippen molar-refractivity contribution in [1.29, 1.82) is 0 Å². The summed E-state index contributed by atoms with van der Waals surface area (Å²) in [6.45, 7) is 8.60. The number of carbonyl (C=O) groups excluding carboxylic acids is 2. The average Bonchev–Trinajstić information content (AvgIpc) is 2.99. The number of carbonyl (C=O) groups is 2. The van der Waals surface area contributed by atoms with Crippen LogP contribution in [0.5, 0.6) is 0 Å². The molecule has 0 aromatic heterocycles. The summed E-state index contributed by atoms with van der Waals surface area (Å²) in [6, 6.07) is 17.1. The van der Waals surface area contributed by atoms with Crippen molar-refractivity contribution in [1.82, 2.24) is 10.2 Å². The summed E-state index contributed by atoms with van der Waals surface area (Å²) >= 11 is 6.64. The largest absolute Gasteiger partial charge is 0.350 e. The smallest absolute Gasteiger partial charge is 0.266 e. The molecule has 0 spiro atoms. The van der Waals surface area contributed by atoms with Gasteiger partial charge in [0.05, 0.1) is 4.91 Å². The van der Waals surface area contributed by atoms with Gasteiger partial charge in [0.2, 0.25) is 5.91 Å². The normalized spacial score (nSPS) is 16.8. The fourth-order valence-electron chi connectivity index (χ4n) is 3.09. The van der Waals surface area contributed by atoms with Gasteiger partial charge in [0, 0.05) is 6.54 Å². The van der Waals surface area contributed by atoms with Crippen molar-refractivity contribution in [2.75, 3.05) is 0 Å². The van der Waals surface area contributed by atoms with E-state index >= 15 is 0 Å². The van der Waals surface area contributed by atoms with Gasteiger partial charge in [-0.25, -0.2) is 0 Å². The zero-order valence-electron chi connectivity index (χ0n) is 17.6. The molecule has 30 heavy (non-hydrogen) atoms. The molecular weight excluding hydrogens is 412 g/mol. The molecule has 0 saturated carbocycles. The third kappa shape index (κ3) is 5.18. The molecule has 1 N–H and O–H groups in total. The molecule has 4 nitrogen and oxygen atoms in total. The van der Waals surface area contributed by atoms with E-state index in [4.69, 9.17) is 12.2 Å². The standard InChI is InChI=1S/C24H26N2O2S2/c1-16(21(27)25-15-18-8-6-5-7-9-18)26-22(28)20(30-23(26)29)14-17-10-12-19(13-11-17)24(2,3)4/h5-14,16H,15H2,1-4H3,(H,25,27)/b20-14-. The summed E-state index contributed by atoms with van der Waals surface area (Å²) in [7, 11) is 0. The number of hydrogen-bond donors (Lipinski definition) is 1. The summed E-state index contributed by atoms with van der Waals surface area (Å²) in [6.07, 6.45) is 1.83. The summed E-state index contributed by atoms with van der Waals surface area (Å²) in [5, 5.41) is 2.88. The minimum absolute atomic E-state index is 0.0739. The Hall–Kier alpha value is -2.44. The molecule has 2 aromatic rings. The van der Waals surface area contributed by atoms with E-state index in [2.05, 4.69) is 38.2 Å². The highest BCUT2D eigenvalue weighted by atomic mass is 32.2. The lowest BCUT2D eigenvalue weighted by Crippen LogP contribution is -2.46. The molecule has 2 amide bonds. The number of nitrogens with one attached hydrogen (secondary N) is 1. The lowest BCUT2D eigenvalue weighted by Gasteiger charge is -2.22. The van der Waals surface area contributed by atoms with Crippen molar-refractivity contribution in [3.63, 3.8) is 0 Å². The van der Waals surface area contributed by atoms with Crippen molar-refractivity contribution < 1.29 is 9.59 Å². The van der Waals surface area contributed by atoms with Crippen LogP contribution in [-0.4, -0.2) is 27.1 Å². The summed E-state index contributed by atoms with van der Waals surface area (Å²) in [4.78, 5) is 27.5. The van der Waals surface area contributed by atoms with E-state index in [9.17, 15) is 9.59 Å². The summed E-state index contributed by atoms with van der Waals surface area (Å²) < 4.78 is 0.403. The van der Waals surface area contributed by atoms with Gasteiger partial charge < -0.3 is 5.32 Å². The Labute approximate surface area is 187 Å². The van der Waals surface area contributed by atoms with Crippen LogP contribution in [0.4, 0.5) is 0 Å². The number of benzene rings is 2. The Kier molecular flexibility index (Phi) is 6.78. The van der Waals surface area contributed by atoms with Crippen LogP contribution in [0.15, 0.2) is 59.5 Å². The van der Waals surface area contributed by atoms with Gasteiger partial charge in [-0.2, -0.15) is 0 Å². The molecule has 6 heteroatoms. The van der Waals surface area contributed by atoms with Gasteiger partial charge >= 0.3 is 0 Å². The molecule has 1 saturated heterocycles. The maximum Gasteiger partial charge on any atom is 0.266 e. The monoisotopic (exact) mass is 438 g/mol. The molecule has 1 aliphatic heterocycles. The minimum atomic E-state index is -0.671. The third-order valence-electron chi connectivity index (χ3n) is 4.97. The van der Waals surface area contributed by atoms with E-state index in [1.807, 2.05) is 48.5 Å². The highest BCUT2D eigenvalue weighted by Crippen LogP contribution is 2.34. The molecule has 1 atom stereocenters. The zero-order valence-corrected chi connectivity index (χ0v) is 19.3. The Balaban J connectivity index is 1.69. The van der Waals surface area contributed by atoms with Gasteiger partial charge in [-0.1, -0.05) is 99.3 Å². The first kappa shape index (κ1) is 22.2. The van der Waals surface area contributed by atoms with E-state index in [0.717, 1.165) is 11.1 Å². The molecule has 0 aliphatic carbocycles. The van der Waals surface area contributed by atoms with Gasteiger partial charge in [-0.15, -0.1) is 0 Å². The number of thiocarbonyl (C=S) groups is 1. The molecule has 0 radical (unpaired) electrons. The van der Waals surface area contributed by atoms with E-state index in [0.29, 0.717) is 15.8 Å². The Morgan fingerprint density at radius 3 is 2.37 bits per heavy atom. The van der Waals surface area contributed by atoms with E-state index in [1.165, 1.54) is 22.2 Å². The number of thioether (sulfide) groups is 1. The van der Waals surface area contributed by atoms with Crippen molar-refractivity contribution in [2.24, 2.45) is 0 Å². The van der Waals surface area contributed by atoms with Crippen molar-refractivity contribution in [3.8, 4) is 0 Å². The van der Waals surface area contributed by atoms with Crippen molar-refractivity contribution in [2.45, 2.75) is 45.7 Å². The van der Waals surface area contributed by atoms with E-state index in [-0.39, 0.29) is 17.2 Å². The highest BCUT2D eigenvalue weighted by molar-refractivity contribution is 8.26. The second-order valence-corrected chi connectivity index (χ2v) is 9.98. The number of nitrogens with zero attached hydrogens (tertiary/aromatic N) is 1. The molecule has 1 fully saturated rings. The van der Waals surface area contributed by atoms with Crippen LogP contribution in [-0.2, 0) is 21.5 Å². The molecule has 0 bridgehead atoms. The second-order valence-electron chi connectivity index (χ2n) is 8.30. The fourth-order valence-corrected chi connectivity index (χ4v) is 4.51. The third-order valence-corrected chi connectivity index (χ3v) is 6.30. The highest BCUT2D eigenvalue weighted by Gasteiger charge is 2.38. The summed E-state index contributed by atoms with van der Waals surface area (Å²) in [5.74, 6) is -0.460. The maximum atomic E-state index is 12.9. The average molecular weight is 439 g/mol. The van der Waals surface area contributed by atoms with Gasteiger partial charge in [-0.05, 0) is 35.1 Å². The van der Waals surface area contributed by atoms with Gasteiger partial charge in [0.25, 0.3) is 5.91 Å². The second kappa shape index (κ2) is 9.14. The van der Waals surface area contributed by atoms with Crippen molar-refractivity contribution in [3.05, 3.63) is 76.2 Å². The molecule has 156 valence electrons. The van der Waals surface area contributed by atoms with Crippen LogP contribution < -0.4 is 5.32 Å². The van der Waals surface area contributed by atoms with Crippen LogP contribution in [0.25, 0.3) is 6.08 Å². The Bertz CT molecular complexity index is 977. The number of hydrogen-bond acceptors (Lipinski definition) is 4. The first-order valence-corrected chi connectivity index (χ1v) is 11.1. The molecule has 3 rings (SSSR count). The lowest BCUT2D eigenvalue weighted by atomic mass is 9.87. The maximum absolute atomic E-state index is 12.9. The molecule has 2 aromatic carbocycles. The SMILES string of the molecule is CC(C(=O)NCc1ccccc1)N1C(=O)/C(=C/c2ccc(C(C)(C)C)cc2)SC1=S. The van der Waals surface area contributed by atoms with Gasteiger partial charge in [0.15, 0.2) is 0 Å². The van der Waals surface area contributed by atoms with Crippen LogP contribution in [0, 0.1) is 0 Å². The first-order valence-electron chi connectivity index (χ1n) is 9.86. The van der Waals surface area contributed by atoms with E-state index in [1.54, 1.807) is 6.92 Å². The van der Waals surface area contributed by atoms with Crippen LogP contribution in [0.1, 0.15) is 44.4 Å².